The quantitative estimate of drug-likeness (QED) is 0.375. The molecular weight excluding hydrogens is 112 g/mol. The molecule has 0 aliphatic rings. The minimum atomic E-state index is -1.17. The summed E-state index contributed by atoms with van der Waals surface area (Å²) in [5, 5.41) is 22.6. The number of carbonyl (C=O) groups is 1. The Labute approximate surface area is 47.4 Å². The van der Waals surface area contributed by atoms with E-state index in [0.717, 1.165) is 6.92 Å². The molecule has 0 aromatic rings. The van der Waals surface area contributed by atoms with Crippen LogP contribution in [0, 0.1) is 0 Å². The first-order chi connectivity index (χ1) is 3.46. The van der Waals surface area contributed by atoms with Crippen LogP contribution in [0.3, 0.4) is 0 Å². The van der Waals surface area contributed by atoms with Gasteiger partial charge in [-0.1, -0.05) is 0 Å². The first kappa shape index (κ1) is 10.4. The van der Waals surface area contributed by atoms with Gasteiger partial charge in [0.15, 0.2) is 0 Å². The lowest BCUT2D eigenvalue weighted by Crippen LogP contribution is -1.92. The third kappa shape index (κ3) is 279. The van der Waals surface area contributed by atoms with Crippen LogP contribution in [0.2, 0.25) is 0 Å². The number of carboxylic acid groups (broad SMARTS) is 1. The molecule has 0 unspecified atom stereocenters. The second kappa shape index (κ2) is 6.39. The van der Waals surface area contributed by atoms with Crippen LogP contribution in [-0.4, -0.2) is 27.6 Å². The lowest BCUT2D eigenvalue weighted by Gasteiger charge is -1.80. The van der Waals surface area contributed by atoms with Crippen LogP contribution >= 0.6 is 0 Å². The maximum absolute atomic E-state index is 9.00. The lowest BCUT2D eigenvalue weighted by molar-refractivity contribution is -0.134. The van der Waals surface area contributed by atoms with Gasteiger partial charge in [-0.2, -0.15) is 0 Å². The molecule has 0 saturated carbocycles. The van der Waals surface area contributed by atoms with Crippen molar-refractivity contribution in [1.82, 2.24) is 0 Å². The van der Waals surface area contributed by atoms with Crippen molar-refractivity contribution in [3.63, 3.8) is 0 Å². The van der Waals surface area contributed by atoms with Crippen molar-refractivity contribution in [2.45, 2.75) is 20.1 Å². The van der Waals surface area contributed by atoms with Crippen molar-refractivity contribution in [2.24, 2.45) is 0 Å². The predicted octanol–water partition coefficient (Wildman–Crippen LogP) is -0.592. The summed E-state index contributed by atoms with van der Waals surface area (Å²) in [5.41, 5.74) is 0. The molecule has 0 aromatic heterocycles. The highest BCUT2D eigenvalue weighted by molar-refractivity contribution is 5.62. The molecule has 0 radical (unpaired) electrons. The summed E-state index contributed by atoms with van der Waals surface area (Å²) >= 11 is 0. The normalized spacial score (nSPS) is 7.62. The summed E-state index contributed by atoms with van der Waals surface area (Å²) < 4.78 is 0. The van der Waals surface area contributed by atoms with Gasteiger partial charge < -0.3 is 15.3 Å². The Bertz CT molecular complexity index is 52.3. The van der Waals surface area contributed by atoms with Crippen LogP contribution in [0.25, 0.3) is 0 Å². The zero-order valence-electron chi connectivity index (χ0n) is 4.83. The van der Waals surface area contributed by atoms with E-state index in [0.29, 0.717) is 0 Å². The van der Waals surface area contributed by atoms with E-state index in [4.69, 9.17) is 20.1 Å². The van der Waals surface area contributed by atoms with Crippen molar-refractivity contribution in [2.75, 3.05) is 0 Å². The van der Waals surface area contributed by atoms with Gasteiger partial charge in [-0.25, -0.2) is 0 Å². The summed E-state index contributed by atoms with van der Waals surface area (Å²) in [4.78, 5) is 9.00. The van der Waals surface area contributed by atoms with Crippen LogP contribution < -0.4 is 0 Å². The third-order valence-electron chi connectivity index (χ3n) is 0. The molecule has 0 aliphatic carbocycles. The average molecular weight is 122 g/mol. The average Bonchev–Trinajstić information content (AvgIpc) is 1.25. The van der Waals surface area contributed by atoms with E-state index >= 15 is 0 Å². The number of hydrogen-bond donors (Lipinski definition) is 3. The van der Waals surface area contributed by atoms with Crippen LogP contribution in [0.1, 0.15) is 13.8 Å². The molecule has 0 aliphatic heterocycles. The zero-order valence-corrected chi connectivity index (χ0v) is 4.83. The van der Waals surface area contributed by atoms with E-state index in [9.17, 15) is 0 Å². The van der Waals surface area contributed by atoms with Crippen molar-refractivity contribution in [3.05, 3.63) is 0 Å². The Kier molecular flexibility index (Phi) is 8.30. The van der Waals surface area contributed by atoms with Gasteiger partial charge in [0.25, 0.3) is 5.97 Å². The smallest absolute Gasteiger partial charge is 0.300 e. The topological polar surface area (TPSA) is 77.8 Å². The van der Waals surface area contributed by atoms with E-state index < -0.39 is 12.3 Å². The van der Waals surface area contributed by atoms with Crippen LogP contribution in [-0.2, 0) is 4.79 Å². The maximum Gasteiger partial charge on any atom is 0.300 e. The van der Waals surface area contributed by atoms with E-state index in [1.54, 1.807) is 0 Å². The van der Waals surface area contributed by atoms with Gasteiger partial charge in [-0.05, 0) is 6.92 Å². The fourth-order valence-electron chi connectivity index (χ4n) is 0. The molecule has 0 bridgehead atoms. The Balaban J connectivity index is 0. The number of carboxylic acids is 1. The van der Waals surface area contributed by atoms with E-state index in [2.05, 4.69) is 0 Å². The Morgan fingerprint density at radius 3 is 1.50 bits per heavy atom. The minimum absolute atomic E-state index is 0.833. The van der Waals surface area contributed by atoms with Crippen molar-refractivity contribution >= 4 is 5.97 Å². The van der Waals surface area contributed by atoms with E-state index in [-0.39, 0.29) is 0 Å². The first-order valence-electron chi connectivity index (χ1n) is 2.02. The molecule has 0 aromatic carbocycles. The van der Waals surface area contributed by atoms with Crippen molar-refractivity contribution in [1.29, 1.82) is 0 Å². The maximum atomic E-state index is 9.00. The van der Waals surface area contributed by atoms with Gasteiger partial charge >= 0.3 is 0 Å². The third-order valence-corrected chi connectivity index (χ3v) is 0. The molecule has 0 amide bonds. The van der Waals surface area contributed by atoms with E-state index in [1.807, 2.05) is 0 Å². The molecule has 0 fully saturated rings. The largest absolute Gasteiger partial charge is 0.481 e. The van der Waals surface area contributed by atoms with Crippen LogP contribution in [0.15, 0.2) is 0 Å². The van der Waals surface area contributed by atoms with Gasteiger partial charge in [-0.3, -0.25) is 4.79 Å². The second-order valence-electron chi connectivity index (χ2n) is 1.15. The molecule has 50 valence electrons. The fraction of sp³-hybridized carbons (Fsp3) is 0.750. The molecule has 0 spiro atoms. The zero-order chi connectivity index (χ0) is 7.15. The molecule has 8 heavy (non-hydrogen) atoms. The Hall–Kier alpha value is -0.610. The SMILES string of the molecule is CC(=O)O.CC(O)O. The molecule has 0 rings (SSSR count). The molecule has 3 N–H and O–H groups in total. The monoisotopic (exact) mass is 122 g/mol. The van der Waals surface area contributed by atoms with Crippen LogP contribution in [0.5, 0.6) is 0 Å². The number of aliphatic carboxylic acids is 1. The Morgan fingerprint density at radius 2 is 1.50 bits per heavy atom. The van der Waals surface area contributed by atoms with Crippen molar-refractivity contribution < 1.29 is 20.1 Å². The highest BCUT2D eigenvalue weighted by atomic mass is 16.5. The second-order valence-corrected chi connectivity index (χ2v) is 1.15. The standard InChI is InChI=1S/C2H6O2.C2H4O2/c2*1-2(3)4/h2-4H,1H3;1H3,(H,3,4). The predicted molar refractivity (Wildman–Crippen MR) is 27.2 cm³/mol. The lowest BCUT2D eigenvalue weighted by atomic mass is 10.8. The number of rotatable bonds is 0. The van der Waals surface area contributed by atoms with Gasteiger partial charge in [0.2, 0.25) is 0 Å². The summed E-state index contributed by atoms with van der Waals surface area (Å²) in [6.45, 7) is 2.36. The summed E-state index contributed by atoms with van der Waals surface area (Å²) in [6, 6.07) is 0. The van der Waals surface area contributed by atoms with Crippen molar-refractivity contribution in [3.8, 4) is 0 Å². The molecule has 0 atom stereocenters. The number of aliphatic hydroxyl groups excluding tert-OH is 1. The van der Waals surface area contributed by atoms with Gasteiger partial charge in [0, 0.05) is 6.92 Å². The fourth-order valence-corrected chi connectivity index (χ4v) is 0. The van der Waals surface area contributed by atoms with Gasteiger partial charge in [0.1, 0.15) is 6.29 Å². The molecule has 0 saturated heterocycles. The summed E-state index contributed by atoms with van der Waals surface area (Å²) in [6.07, 6.45) is -1.17. The van der Waals surface area contributed by atoms with Gasteiger partial charge in [-0.15, -0.1) is 0 Å². The van der Waals surface area contributed by atoms with Crippen LogP contribution in [0.4, 0.5) is 0 Å². The highest BCUT2D eigenvalue weighted by Gasteiger charge is 1.70. The minimum Gasteiger partial charge on any atom is -0.481 e. The molecular formula is C4H10O4. The molecule has 0 heterocycles. The molecule has 4 nitrogen and oxygen atoms in total. The highest BCUT2D eigenvalue weighted by Crippen LogP contribution is 1.57. The van der Waals surface area contributed by atoms with E-state index in [1.165, 1.54) is 6.92 Å². The Morgan fingerprint density at radius 1 is 1.50 bits per heavy atom. The molecule has 4 heteroatoms. The number of hydrogen-bond acceptors (Lipinski definition) is 3. The summed E-state index contributed by atoms with van der Waals surface area (Å²) in [5.74, 6) is -0.833. The summed E-state index contributed by atoms with van der Waals surface area (Å²) in [7, 11) is 0. The first-order valence-corrected chi connectivity index (χ1v) is 2.02. The number of aliphatic hydroxyl groups is 2. The van der Waals surface area contributed by atoms with Gasteiger partial charge in [0.05, 0.1) is 0 Å².